The Balaban J connectivity index is 2.13. The predicted octanol–water partition coefficient (Wildman–Crippen LogP) is 0.133. The average molecular weight is 204 g/mol. The Morgan fingerprint density at radius 2 is 2.27 bits per heavy atom. The molecule has 0 bridgehead atoms. The smallest absolute Gasteiger partial charge is 0.196 e. The second-order valence-electron chi connectivity index (χ2n) is 3.85. The first kappa shape index (κ1) is 8.72. The van der Waals surface area contributed by atoms with Gasteiger partial charge in [-0.15, -0.1) is 10.2 Å². The number of aromatic nitrogens is 5. The molecule has 1 fully saturated rings. The summed E-state index contributed by atoms with van der Waals surface area (Å²) in [5, 5.41) is 18.4. The molecule has 0 aliphatic carbocycles. The van der Waals surface area contributed by atoms with Crippen molar-refractivity contribution in [3.05, 3.63) is 11.5 Å². The monoisotopic (exact) mass is 204 g/mol. The Bertz CT molecular complexity index is 484. The van der Waals surface area contributed by atoms with Gasteiger partial charge in [-0.25, -0.2) is 4.98 Å². The van der Waals surface area contributed by atoms with Crippen LogP contribution in [0.15, 0.2) is 0 Å². The van der Waals surface area contributed by atoms with Gasteiger partial charge in [-0.3, -0.25) is 5.10 Å². The van der Waals surface area contributed by atoms with Gasteiger partial charge in [0.2, 0.25) is 0 Å². The molecular weight excluding hydrogens is 192 g/mol. The molecule has 1 aliphatic heterocycles. The molecule has 1 atom stereocenters. The van der Waals surface area contributed by atoms with Crippen molar-refractivity contribution in [2.24, 2.45) is 0 Å². The van der Waals surface area contributed by atoms with Crippen molar-refractivity contribution in [3.8, 4) is 0 Å². The zero-order valence-corrected chi connectivity index (χ0v) is 8.49. The fourth-order valence-corrected chi connectivity index (χ4v) is 2.00. The fourth-order valence-electron chi connectivity index (χ4n) is 2.00. The van der Waals surface area contributed by atoms with Gasteiger partial charge in [-0.1, -0.05) is 0 Å². The quantitative estimate of drug-likeness (QED) is 0.690. The summed E-state index contributed by atoms with van der Waals surface area (Å²) in [5.41, 5.74) is 2.58. The maximum absolute atomic E-state index is 4.39. The molecule has 0 saturated carbocycles. The van der Waals surface area contributed by atoms with E-state index >= 15 is 0 Å². The number of H-pyrrole nitrogens is 1. The van der Waals surface area contributed by atoms with Gasteiger partial charge in [-0.2, -0.15) is 5.10 Å². The maximum atomic E-state index is 4.39. The lowest BCUT2D eigenvalue weighted by Gasteiger charge is -2.03. The van der Waals surface area contributed by atoms with Gasteiger partial charge in [0.1, 0.15) is 11.3 Å². The summed E-state index contributed by atoms with van der Waals surface area (Å²) in [6.07, 6.45) is 1.11. The van der Waals surface area contributed by atoms with Crippen LogP contribution in [0.4, 0.5) is 0 Å². The lowest BCUT2D eigenvalue weighted by atomic mass is 10.0. The van der Waals surface area contributed by atoms with Crippen LogP contribution in [-0.2, 0) is 0 Å². The highest BCUT2D eigenvalue weighted by atomic mass is 15.3. The van der Waals surface area contributed by atoms with Gasteiger partial charge < -0.3 is 5.32 Å². The molecule has 1 saturated heterocycles. The lowest BCUT2D eigenvalue weighted by Crippen LogP contribution is -2.08. The normalized spacial score (nSPS) is 21.3. The van der Waals surface area contributed by atoms with Crippen LogP contribution in [0, 0.1) is 6.92 Å². The highest BCUT2D eigenvalue weighted by Gasteiger charge is 2.22. The van der Waals surface area contributed by atoms with Crippen LogP contribution >= 0.6 is 0 Å². The standard InChI is InChI=1S/C9H12N6/c1-5-11-8-7(6-2-3-10-4-6)13-15-9(8)14-12-5/h6,10H,2-4H2,1H3,(H,13,14,15). The van der Waals surface area contributed by atoms with Gasteiger partial charge in [0.25, 0.3) is 0 Å². The van der Waals surface area contributed by atoms with Crippen molar-refractivity contribution in [2.45, 2.75) is 19.3 Å². The number of fused-ring (bicyclic) bond motifs is 1. The SMILES string of the molecule is Cc1nnc2[nH]nc(C3CCNC3)c2n1. The molecule has 0 radical (unpaired) electrons. The van der Waals surface area contributed by atoms with Crippen LogP contribution in [-0.4, -0.2) is 38.5 Å². The molecule has 3 heterocycles. The molecule has 78 valence electrons. The summed E-state index contributed by atoms with van der Waals surface area (Å²) in [7, 11) is 0. The first-order valence-electron chi connectivity index (χ1n) is 5.10. The van der Waals surface area contributed by atoms with Crippen LogP contribution in [0.3, 0.4) is 0 Å². The topological polar surface area (TPSA) is 79.4 Å². The van der Waals surface area contributed by atoms with E-state index in [0.717, 1.165) is 30.7 Å². The maximum Gasteiger partial charge on any atom is 0.196 e. The average Bonchev–Trinajstić information content (AvgIpc) is 2.83. The van der Waals surface area contributed by atoms with E-state index in [2.05, 4.69) is 30.7 Å². The van der Waals surface area contributed by atoms with Gasteiger partial charge in [0.15, 0.2) is 5.65 Å². The summed E-state index contributed by atoms with van der Waals surface area (Å²) in [6, 6.07) is 0. The summed E-state index contributed by atoms with van der Waals surface area (Å²) in [6.45, 7) is 3.87. The summed E-state index contributed by atoms with van der Waals surface area (Å²) in [5.74, 6) is 1.14. The van der Waals surface area contributed by atoms with Crippen LogP contribution in [0.1, 0.15) is 23.9 Å². The van der Waals surface area contributed by atoms with E-state index in [0.29, 0.717) is 17.4 Å². The van der Waals surface area contributed by atoms with E-state index in [1.54, 1.807) is 0 Å². The first-order valence-corrected chi connectivity index (χ1v) is 5.10. The largest absolute Gasteiger partial charge is 0.316 e. The third-order valence-electron chi connectivity index (χ3n) is 2.76. The third-order valence-corrected chi connectivity index (χ3v) is 2.76. The number of hydrogen-bond donors (Lipinski definition) is 2. The van der Waals surface area contributed by atoms with Crippen molar-refractivity contribution in [3.63, 3.8) is 0 Å². The number of rotatable bonds is 1. The molecule has 3 rings (SSSR count). The Kier molecular flexibility index (Phi) is 1.88. The molecule has 15 heavy (non-hydrogen) atoms. The molecule has 6 nitrogen and oxygen atoms in total. The van der Waals surface area contributed by atoms with E-state index in [-0.39, 0.29) is 0 Å². The molecule has 6 heteroatoms. The van der Waals surface area contributed by atoms with Crippen LogP contribution in [0.25, 0.3) is 11.2 Å². The molecule has 2 N–H and O–H groups in total. The minimum absolute atomic E-state index is 0.454. The predicted molar refractivity (Wildman–Crippen MR) is 54.4 cm³/mol. The van der Waals surface area contributed by atoms with E-state index in [4.69, 9.17) is 0 Å². The van der Waals surface area contributed by atoms with Crippen LogP contribution in [0.5, 0.6) is 0 Å². The lowest BCUT2D eigenvalue weighted by molar-refractivity contribution is 0.733. The number of aryl methyl sites for hydroxylation is 1. The van der Waals surface area contributed by atoms with Gasteiger partial charge in [0, 0.05) is 12.5 Å². The van der Waals surface area contributed by atoms with Crippen molar-refractivity contribution in [1.29, 1.82) is 0 Å². The molecule has 0 amide bonds. The molecule has 2 aromatic heterocycles. The van der Waals surface area contributed by atoms with Crippen molar-refractivity contribution in [1.82, 2.24) is 30.7 Å². The summed E-state index contributed by atoms with van der Waals surface area (Å²) < 4.78 is 0. The highest BCUT2D eigenvalue weighted by Crippen LogP contribution is 2.24. The van der Waals surface area contributed by atoms with Crippen molar-refractivity contribution >= 4 is 11.2 Å². The molecule has 2 aromatic rings. The number of nitrogens with one attached hydrogen (secondary N) is 2. The molecular formula is C9H12N6. The zero-order chi connectivity index (χ0) is 10.3. The second kappa shape index (κ2) is 3.23. The van der Waals surface area contributed by atoms with E-state index in [1.807, 2.05) is 6.92 Å². The zero-order valence-electron chi connectivity index (χ0n) is 8.49. The van der Waals surface area contributed by atoms with Gasteiger partial charge in [-0.05, 0) is 19.9 Å². The molecule has 1 aliphatic rings. The second-order valence-corrected chi connectivity index (χ2v) is 3.85. The Hall–Kier alpha value is -1.56. The molecule has 0 aromatic carbocycles. The van der Waals surface area contributed by atoms with Crippen molar-refractivity contribution in [2.75, 3.05) is 13.1 Å². The van der Waals surface area contributed by atoms with Gasteiger partial charge >= 0.3 is 0 Å². The highest BCUT2D eigenvalue weighted by molar-refractivity contribution is 5.72. The minimum atomic E-state index is 0.454. The molecule has 1 unspecified atom stereocenters. The Morgan fingerprint density at radius 1 is 1.33 bits per heavy atom. The molecule has 0 spiro atoms. The number of aromatic amines is 1. The summed E-state index contributed by atoms with van der Waals surface area (Å²) >= 11 is 0. The Morgan fingerprint density at radius 3 is 3.07 bits per heavy atom. The fraction of sp³-hybridized carbons (Fsp3) is 0.556. The van der Waals surface area contributed by atoms with E-state index < -0.39 is 0 Å². The van der Waals surface area contributed by atoms with E-state index in [1.165, 1.54) is 0 Å². The minimum Gasteiger partial charge on any atom is -0.316 e. The number of nitrogens with zero attached hydrogens (tertiary/aromatic N) is 4. The third kappa shape index (κ3) is 1.37. The summed E-state index contributed by atoms with van der Waals surface area (Å²) in [4.78, 5) is 4.39. The Labute approximate surface area is 86.5 Å². The first-order chi connectivity index (χ1) is 7.34. The van der Waals surface area contributed by atoms with Crippen LogP contribution < -0.4 is 5.32 Å². The van der Waals surface area contributed by atoms with E-state index in [9.17, 15) is 0 Å². The van der Waals surface area contributed by atoms with Gasteiger partial charge in [0.05, 0.1) is 5.69 Å². The van der Waals surface area contributed by atoms with Crippen LogP contribution in [0.2, 0.25) is 0 Å². The van der Waals surface area contributed by atoms with Crippen molar-refractivity contribution < 1.29 is 0 Å². The number of hydrogen-bond acceptors (Lipinski definition) is 5.